The molecule has 15 heavy (non-hydrogen) atoms. The van der Waals surface area contributed by atoms with Gasteiger partial charge in [-0.05, 0) is 37.4 Å². The Bertz CT molecular complexity index is 272. The van der Waals surface area contributed by atoms with Crippen molar-refractivity contribution in [3.63, 3.8) is 0 Å². The second kappa shape index (κ2) is 6.11. The normalized spacial score (nSPS) is 19.3. The minimum absolute atomic E-state index is 0. The van der Waals surface area contributed by atoms with E-state index >= 15 is 0 Å². The van der Waals surface area contributed by atoms with Gasteiger partial charge in [-0.3, -0.25) is 0 Å². The van der Waals surface area contributed by atoms with E-state index in [0.29, 0.717) is 5.92 Å². The first kappa shape index (κ1) is 12.5. The number of hydrogen-bond acceptors (Lipinski definition) is 2. The van der Waals surface area contributed by atoms with Crippen molar-refractivity contribution in [1.82, 2.24) is 5.32 Å². The highest BCUT2D eigenvalue weighted by Crippen LogP contribution is 2.28. The van der Waals surface area contributed by atoms with Crippen LogP contribution in [-0.4, -0.2) is 18.2 Å². The molecule has 0 spiro atoms. The van der Waals surface area contributed by atoms with E-state index < -0.39 is 0 Å². The highest BCUT2D eigenvalue weighted by Gasteiger charge is 2.22. The standard InChI is InChI=1S/C12H17NO.ClH/c14-12(10-4-2-1-3-5-10)11-6-8-13-9-7-11;/h1-5,11-14H,6-9H2;1H. The summed E-state index contributed by atoms with van der Waals surface area (Å²) in [6, 6.07) is 9.97. The molecular formula is C12H18ClNO. The summed E-state index contributed by atoms with van der Waals surface area (Å²) < 4.78 is 0. The van der Waals surface area contributed by atoms with Gasteiger partial charge in [0, 0.05) is 0 Å². The Morgan fingerprint density at radius 2 is 1.73 bits per heavy atom. The Morgan fingerprint density at radius 1 is 1.13 bits per heavy atom. The van der Waals surface area contributed by atoms with Gasteiger partial charge >= 0.3 is 0 Å². The maximum absolute atomic E-state index is 10.1. The maximum atomic E-state index is 10.1. The molecule has 0 aromatic heterocycles. The molecule has 1 heterocycles. The van der Waals surface area contributed by atoms with Crippen LogP contribution in [0.3, 0.4) is 0 Å². The van der Waals surface area contributed by atoms with Gasteiger partial charge in [-0.25, -0.2) is 0 Å². The minimum atomic E-state index is -0.279. The van der Waals surface area contributed by atoms with E-state index in [2.05, 4.69) is 5.32 Å². The number of benzene rings is 1. The zero-order valence-electron chi connectivity index (χ0n) is 8.73. The molecule has 2 nitrogen and oxygen atoms in total. The van der Waals surface area contributed by atoms with Crippen LogP contribution in [-0.2, 0) is 0 Å². The lowest BCUT2D eigenvalue weighted by Crippen LogP contribution is -2.30. The third kappa shape index (κ3) is 3.20. The first-order valence-corrected chi connectivity index (χ1v) is 5.31. The van der Waals surface area contributed by atoms with Gasteiger partial charge < -0.3 is 10.4 Å². The number of rotatable bonds is 2. The lowest BCUT2D eigenvalue weighted by atomic mass is 9.88. The smallest absolute Gasteiger partial charge is 0.0819 e. The number of aliphatic hydroxyl groups is 1. The molecule has 1 aromatic rings. The molecule has 0 saturated carbocycles. The van der Waals surface area contributed by atoms with E-state index in [1.807, 2.05) is 30.3 Å². The molecule has 0 aliphatic carbocycles. The van der Waals surface area contributed by atoms with Crippen LogP contribution in [0.15, 0.2) is 30.3 Å². The van der Waals surface area contributed by atoms with Gasteiger partial charge in [0.1, 0.15) is 0 Å². The van der Waals surface area contributed by atoms with Crippen LogP contribution in [0.1, 0.15) is 24.5 Å². The predicted molar refractivity (Wildman–Crippen MR) is 64.2 cm³/mol. The van der Waals surface area contributed by atoms with Crippen molar-refractivity contribution in [2.75, 3.05) is 13.1 Å². The van der Waals surface area contributed by atoms with E-state index in [9.17, 15) is 5.11 Å². The summed E-state index contributed by atoms with van der Waals surface area (Å²) in [4.78, 5) is 0. The van der Waals surface area contributed by atoms with Crippen molar-refractivity contribution >= 4 is 12.4 Å². The molecule has 1 aliphatic heterocycles. The van der Waals surface area contributed by atoms with Crippen LogP contribution >= 0.6 is 12.4 Å². The molecule has 1 saturated heterocycles. The molecule has 1 fully saturated rings. The third-order valence-electron chi connectivity index (χ3n) is 2.97. The Labute approximate surface area is 97.1 Å². The van der Waals surface area contributed by atoms with Crippen molar-refractivity contribution in [2.24, 2.45) is 5.92 Å². The lowest BCUT2D eigenvalue weighted by Gasteiger charge is -2.27. The van der Waals surface area contributed by atoms with Crippen molar-refractivity contribution < 1.29 is 5.11 Å². The fraction of sp³-hybridized carbons (Fsp3) is 0.500. The number of piperidine rings is 1. The largest absolute Gasteiger partial charge is 0.388 e. The second-order valence-electron chi connectivity index (χ2n) is 3.94. The third-order valence-corrected chi connectivity index (χ3v) is 2.97. The van der Waals surface area contributed by atoms with Crippen molar-refractivity contribution in [1.29, 1.82) is 0 Å². The highest BCUT2D eigenvalue weighted by molar-refractivity contribution is 5.85. The first-order chi connectivity index (χ1) is 6.88. The van der Waals surface area contributed by atoms with Crippen LogP contribution in [0.4, 0.5) is 0 Å². The fourth-order valence-corrected chi connectivity index (χ4v) is 2.08. The van der Waals surface area contributed by atoms with Gasteiger partial charge in [0.25, 0.3) is 0 Å². The van der Waals surface area contributed by atoms with Gasteiger partial charge in [-0.1, -0.05) is 30.3 Å². The molecule has 0 amide bonds. The Hall–Kier alpha value is -0.570. The number of aliphatic hydroxyl groups excluding tert-OH is 1. The molecule has 0 bridgehead atoms. The van der Waals surface area contributed by atoms with Gasteiger partial charge in [-0.2, -0.15) is 0 Å². The monoisotopic (exact) mass is 227 g/mol. The van der Waals surface area contributed by atoms with Crippen LogP contribution in [0.5, 0.6) is 0 Å². The van der Waals surface area contributed by atoms with Crippen LogP contribution in [0.2, 0.25) is 0 Å². The predicted octanol–water partition coefficient (Wildman–Crippen LogP) is 2.14. The number of halogens is 1. The van der Waals surface area contributed by atoms with E-state index in [1.165, 1.54) is 0 Å². The van der Waals surface area contributed by atoms with Crippen LogP contribution < -0.4 is 5.32 Å². The molecule has 2 N–H and O–H groups in total. The van der Waals surface area contributed by atoms with E-state index in [1.54, 1.807) is 0 Å². The SMILES string of the molecule is Cl.OC(c1ccccc1)C1CCNCC1. The van der Waals surface area contributed by atoms with Crippen LogP contribution in [0, 0.1) is 5.92 Å². The summed E-state index contributed by atoms with van der Waals surface area (Å²) in [6.45, 7) is 2.07. The molecule has 2 rings (SSSR count). The summed E-state index contributed by atoms with van der Waals surface area (Å²) in [5, 5.41) is 13.4. The molecule has 84 valence electrons. The molecule has 1 aromatic carbocycles. The highest BCUT2D eigenvalue weighted by atomic mass is 35.5. The van der Waals surface area contributed by atoms with Gasteiger partial charge in [-0.15, -0.1) is 12.4 Å². The number of hydrogen-bond donors (Lipinski definition) is 2. The molecular weight excluding hydrogens is 210 g/mol. The van der Waals surface area contributed by atoms with Crippen molar-refractivity contribution in [2.45, 2.75) is 18.9 Å². The summed E-state index contributed by atoms with van der Waals surface area (Å²) in [6.07, 6.45) is 1.88. The van der Waals surface area contributed by atoms with E-state index in [0.717, 1.165) is 31.5 Å². The average molecular weight is 228 g/mol. The van der Waals surface area contributed by atoms with Gasteiger partial charge in [0.15, 0.2) is 0 Å². The van der Waals surface area contributed by atoms with E-state index in [4.69, 9.17) is 0 Å². The van der Waals surface area contributed by atoms with Crippen molar-refractivity contribution in [3.8, 4) is 0 Å². The summed E-state index contributed by atoms with van der Waals surface area (Å²) in [5.41, 5.74) is 1.06. The maximum Gasteiger partial charge on any atom is 0.0819 e. The molecule has 1 unspecified atom stereocenters. The summed E-state index contributed by atoms with van der Waals surface area (Å²) in [5.74, 6) is 0.429. The van der Waals surface area contributed by atoms with Gasteiger partial charge in [0.05, 0.1) is 6.10 Å². The Balaban J connectivity index is 0.00000112. The summed E-state index contributed by atoms with van der Waals surface area (Å²) >= 11 is 0. The zero-order valence-corrected chi connectivity index (χ0v) is 9.54. The lowest BCUT2D eigenvalue weighted by molar-refractivity contribution is 0.0889. The summed E-state index contributed by atoms with van der Waals surface area (Å²) in [7, 11) is 0. The number of nitrogens with one attached hydrogen (secondary N) is 1. The topological polar surface area (TPSA) is 32.3 Å². The molecule has 0 radical (unpaired) electrons. The second-order valence-corrected chi connectivity index (χ2v) is 3.94. The average Bonchev–Trinajstić information content (AvgIpc) is 2.30. The molecule has 1 aliphatic rings. The quantitative estimate of drug-likeness (QED) is 0.812. The molecule has 3 heteroatoms. The van der Waals surface area contributed by atoms with Crippen LogP contribution in [0.25, 0.3) is 0 Å². The Kier molecular flexibility index (Phi) is 5.09. The zero-order chi connectivity index (χ0) is 9.80. The molecule has 1 atom stereocenters. The fourth-order valence-electron chi connectivity index (χ4n) is 2.08. The first-order valence-electron chi connectivity index (χ1n) is 5.31. The minimum Gasteiger partial charge on any atom is -0.388 e. The van der Waals surface area contributed by atoms with Crippen molar-refractivity contribution in [3.05, 3.63) is 35.9 Å². The Morgan fingerprint density at radius 3 is 2.33 bits per heavy atom. The van der Waals surface area contributed by atoms with Gasteiger partial charge in [0.2, 0.25) is 0 Å². The van der Waals surface area contributed by atoms with E-state index in [-0.39, 0.29) is 18.5 Å².